The highest BCUT2D eigenvalue weighted by molar-refractivity contribution is 5.34. The Morgan fingerprint density at radius 3 is 3.27 bits per heavy atom. The molecule has 1 aliphatic heterocycles. The zero-order chi connectivity index (χ0) is 10.5. The first kappa shape index (κ1) is 10.4. The standard InChI is InChI=1S/C11H17N3O/c1-9-7-11(14-13-8-9)12-5-4-10-3-2-6-15-10/h7-8,10H,2-6H2,1H3,(H,12,14). The predicted octanol–water partition coefficient (Wildman–Crippen LogP) is 1.77. The van der Waals surface area contributed by atoms with Gasteiger partial charge in [-0.15, -0.1) is 5.10 Å². The van der Waals surface area contributed by atoms with Crippen LogP contribution in [0.1, 0.15) is 24.8 Å². The maximum absolute atomic E-state index is 5.54. The molecule has 0 radical (unpaired) electrons. The van der Waals surface area contributed by atoms with Gasteiger partial charge in [0.1, 0.15) is 5.82 Å². The average Bonchev–Trinajstić information content (AvgIpc) is 2.71. The first-order valence-electron chi connectivity index (χ1n) is 5.49. The van der Waals surface area contributed by atoms with Crippen LogP contribution in [0.15, 0.2) is 12.3 Å². The highest BCUT2D eigenvalue weighted by atomic mass is 16.5. The number of ether oxygens (including phenoxy) is 1. The summed E-state index contributed by atoms with van der Waals surface area (Å²) in [6, 6.07) is 2.00. The van der Waals surface area contributed by atoms with Gasteiger partial charge in [-0.05, 0) is 37.8 Å². The lowest BCUT2D eigenvalue weighted by Crippen LogP contribution is -2.13. The summed E-state index contributed by atoms with van der Waals surface area (Å²) in [6.07, 6.45) is 5.65. The maximum atomic E-state index is 5.54. The number of aryl methyl sites for hydroxylation is 1. The molecule has 4 heteroatoms. The van der Waals surface area contributed by atoms with Crippen molar-refractivity contribution < 1.29 is 4.74 Å². The zero-order valence-corrected chi connectivity index (χ0v) is 9.07. The minimum atomic E-state index is 0.440. The van der Waals surface area contributed by atoms with Crippen molar-refractivity contribution in [2.45, 2.75) is 32.3 Å². The van der Waals surface area contributed by atoms with E-state index in [1.165, 1.54) is 12.8 Å². The second-order valence-electron chi connectivity index (χ2n) is 3.97. The van der Waals surface area contributed by atoms with Crippen LogP contribution < -0.4 is 5.32 Å². The van der Waals surface area contributed by atoms with Crippen LogP contribution in [0.4, 0.5) is 5.82 Å². The number of nitrogens with zero attached hydrogens (tertiary/aromatic N) is 2. The van der Waals surface area contributed by atoms with E-state index in [0.29, 0.717) is 6.10 Å². The van der Waals surface area contributed by atoms with Crippen molar-refractivity contribution in [3.8, 4) is 0 Å². The number of hydrogen-bond acceptors (Lipinski definition) is 4. The fourth-order valence-electron chi connectivity index (χ4n) is 1.78. The van der Waals surface area contributed by atoms with Crippen LogP contribution in [0.25, 0.3) is 0 Å². The monoisotopic (exact) mass is 207 g/mol. The number of rotatable bonds is 4. The third-order valence-corrected chi connectivity index (χ3v) is 2.59. The molecule has 1 atom stereocenters. The minimum Gasteiger partial charge on any atom is -0.378 e. The molecular formula is C11H17N3O. The van der Waals surface area contributed by atoms with Gasteiger partial charge in [-0.25, -0.2) is 0 Å². The first-order valence-corrected chi connectivity index (χ1v) is 5.49. The second kappa shape index (κ2) is 5.07. The summed E-state index contributed by atoms with van der Waals surface area (Å²) in [5.41, 5.74) is 1.13. The summed E-state index contributed by atoms with van der Waals surface area (Å²) < 4.78 is 5.54. The smallest absolute Gasteiger partial charge is 0.148 e. The Morgan fingerprint density at radius 1 is 1.60 bits per heavy atom. The molecule has 1 unspecified atom stereocenters. The summed E-state index contributed by atoms with van der Waals surface area (Å²) >= 11 is 0. The van der Waals surface area contributed by atoms with Crippen LogP contribution in [0.2, 0.25) is 0 Å². The lowest BCUT2D eigenvalue weighted by atomic mass is 10.2. The summed E-state index contributed by atoms with van der Waals surface area (Å²) in [5, 5.41) is 11.2. The third kappa shape index (κ3) is 3.16. The lowest BCUT2D eigenvalue weighted by Gasteiger charge is -2.10. The molecule has 82 valence electrons. The number of anilines is 1. The van der Waals surface area contributed by atoms with E-state index in [2.05, 4.69) is 15.5 Å². The van der Waals surface area contributed by atoms with E-state index >= 15 is 0 Å². The molecule has 1 aliphatic rings. The average molecular weight is 207 g/mol. The van der Waals surface area contributed by atoms with Gasteiger partial charge in [0.25, 0.3) is 0 Å². The molecule has 0 aromatic carbocycles. The molecular weight excluding hydrogens is 190 g/mol. The molecule has 1 N–H and O–H groups in total. The number of nitrogens with one attached hydrogen (secondary N) is 1. The Bertz CT molecular complexity index is 310. The molecule has 4 nitrogen and oxygen atoms in total. The second-order valence-corrected chi connectivity index (χ2v) is 3.97. The Morgan fingerprint density at radius 2 is 2.53 bits per heavy atom. The summed E-state index contributed by atoms with van der Waals surface area (Å²) in [4.78, 5) is 0. The van der Waals surface area contributed by atoms with Gasteiger partial charge < -0.3 is 10.1 Å². The molecule has 0 amide bonds. The molecule has 1 saturated heterocycles. The molecule has 15 heavy (non-hydrogen) atoms. The van der Waals surface area contributed by atoms with Crippen molar-refractivity contribution in [2.75, 3.05) is 18.5 Å². The van der Waals surface area contributed by atoms with E-state index < -0.39 is 0 Å². The van der Waals surface area contributed by atoms with Crippen LogP contribution in [0.3, 0.4) is 0 Å². The van der Waals surface area contributed by atoms with Crippen LogP contribution in [-0.2, 0) is 4.74 Å². The number of aromatic nitrogens is 2. The maximum Gasteiger partial charge on any atom is 0.148 e. The molecule has 1 aromatic rings. The van der Waals surface area contributed by atoms with Gasteiger partial charge >= 0.3 is 0 Å². The van der Waals surface area contributed by atoms with Crippen molar-refractivity contribution in [1.29, 1.82) is 0 Å². The van der Waals surface area contributed by atoms with E-state index in [9.17, 15) is 0 Å². The third-order valence-electron chi connectivity index (χ3n) is 2.59. The minimum absolute atomic E-state index is 0.440. The van der Waals surface area contributed by atoms with Crippen LogP contribution in [-0.4, -0.2) is 29.5 Å². The van der Waals surface area contributed by atoms with E-state index in [-0.39, 0.29) is 0 Å². The van der Waals surface area contributed by atoms with Gasteiger partial charge in [0.2, 0.25) is 0 Å². The summed E-state index contributed by atoms with van der Waals surface area (Å²) in [5.74, 6) is 0.855. The SMILES string of the molecule is Cc1cnnc(NCCC2CCCO2)c1. The Balaban J connectivity index is 1.73. The predicted molar refractivity (Wildman–Crippen MR) is 58.8 cm³/mol. The van der Waals surface area contributed by atoms with Gasteiger partial charge in [-0.2, -0.15) is 5.10 Å². The fourth-order valence-corrected chi connectivity index (χ4v) is 1.78. The van der Waals surface area contributed by atoms with Gasteiger partial charge in [0.15, 0.2) is 0 Å². The van der Waals surface area contributed by atoms with Gasteiger partial charge in [-0.1, -0.05) is 0 Å². The largest absolute Gasteiger partial charge is 0.378 e. The van der Waals surface area contributed by atoms with Crippen molar-refractivity contribution in [2.24, 2.45) is 0 Å². The topological polar surface area (TPSA) is 47.0 Å². The summed E-state index contributed by atoms with van der Waals surface area (Å²) in [6.45, 7) is 3.84. The van der Waals surface area contributed by atoms with Crippen LogP contribution in [0.5, 0.6) is 0 Å². The number of hydrogen-bond donors (Lipinski definition) is 1. The molecule has 2 rings (SSSR count). The van der Waals surface area contributed by atoms with Crippen molar-refractivity contribution in [3.05, 3.63) is 17.8 Å². The summed E-state index contributed by atoms with van der Waals surface area (Å²) in [7, 11) is 0. The zero-order valence-electron chi connectivity index (χ0n) is 9.07. The van der Waals surface area contributed by atoms with E-state index in [0.717, 1.165) is 31.0 Å². The highest BCUT2D eigenvalue weighted by Crippen LogP contribution is 2.15. The van der Waals surface area contributed by atoms with Crippen molar-refractivity contribution in [3.63, 3.8) is 0 Å². The molecule has 0 spiro atoms. The lowest BCUT2D eigenvalue weighted by molar-refractivity contribution is 0.107. The van der Waals surface area contributed by atoms with Crippen molar-refractivity contribution in [1.82, 2.24) is 10.2 Å². The molecule has 0 saturated carbocycles. The van der Waals surface area contributed by atoms with Gasteiger partial charge in [0, 0.05) is 13.2 Å². The van der Waals surface area contributed by atoms with Crippen molar-refractivity contribution >= 4 is 5.82 Å². The van der Waals surface area contributed by atoms with Gasteiger partial charge in [0.05, 0.1) is 12.3 Å². The molecule has 1 aromatic heterocycles. The van der Waals surface area contributed by atoms with Crippen LogP contribution >= 0.6 is 0 Å². The molecule has 1 fully saturated rings. The quantitative estimate of drug-likeness (QED) is 0.817. The van der Waals surface area contributed by atoms with Gasteiger partial charge in [-0.3, -0.25) is 0 Å². The highest BCUT2D eigenvalue weighted by Gasteiger charge is 2.14. The van der Waals surface area contributed by atoms with E-state index in [4.69, 9.17) is 4.74 Å². The van der Waals surface area contributed by atoms with Crippen LogP contribution in [0, 0.1) is 6.92 Å². The fraction of sp³-hybridized carbons (Fsp3) is 0.636. The van der Waals surface area contributed by atoms with E-state index in [1.54, 1.807) is 6.20 Å². The molecule has 0 bridgehead atoms. The Hall–Kier alpha value is -1.16. The Kier molecular flexibility index (Phi) is 3.50. The molecule has 2 heterocycles. The Labute approximate surface area is 90.1 Å². The molecule has 0 aliphatic carbocycles. The van der Waals surface area contributed by atoms with E-state index in [1.807, 2.05) is 13.0 Å². The normalized spacial score (nSPS) is 20.5. The first-order chi connectivity index (χ1) is 7.34.